The highest BCUT2D eigenvalue weighted by atomic mass is 79.9. The number of hydrogen-bond acceptors (Lipinski definition) is 0. The Bertz CT molecular complexity index is 537. The number of hydrogen-bond donors (Lipinski definition) is 0. The van der Waals surface area contributed by atoms with Crippen molar-refractivity contribution in [3.63, 3.8) is 0 Å². The second-order valence-corrected chi connectivity index (χ2v) is 5.76. The van der Waals surface area contributed by atoms with Crippen molar-refractivity contribution in [2.45, 2.75) is 18.2 Å². The summed E-state index contributed by atoms with van der Waals surface area (Å²) in [5.74, 6) is -0.210. The molecule has 2 aromatic rings. The fourth-order valence-electron chi connectivity index (χ4n) is 1.85. The molecular formula is C15H13BrClF. The molecule has 18 heavy (non-hydrogen) atoms. The van der Waals surface area contributed by atoms with Crippen molar-refractivity contribution in [3.8, 4) is 0 Å². The van der Waals surface area contributed by atoms with E-state index in [1.807, 2.05) is 25.1 Å². The molecule has 0 heterocycles. The Morgan fingerprint density at radius 3 is 2.50 bits per heavy atom. The predicted molar refractivity (Wildman–Crippen MR) is 78.0 cm³/mol. The van der Waals surface area contributed by atoms with Gasteiger partial charge >= 0.3 is 0 Å². The van der Waals surface area contributed by atoms with Gasteiger partial charge in [-0.25, -0.2) is 4.39 Å². The summed E-state index contributed by atoms with van der Waals surface area (Å²) < 4.78 is 12.8. The van der Waals surface area contributed by atoms with Crippen LogP contribution in [0.5, 0.6) is 0 Å². The van der Waals surface area contributed by atoms with E-state index in [4.69, 9.17) is 11.6 Å². The molecule has 0 bridgehead atoms. The zero-order valence-corrected chi connectivity index (χ0v) is 12.3. The van der Waals surface area contributed by atoms with Crippen molar-refractivity contribution < 1.29 is 4.39 Å². The van der Waals surface area contributed by atoms with E-state index in [1.165, 1.54) is 12.1 Å². The van der Waals surface area contributed by atoms with Crippen LogP contribution >= 0.6 is 27.5 Å². The molecule has 3 heteroatoms. The summed E-state index contributed by atoms with van der Waals surface area (Å²) in [6, 6.07) is 12.6. The van der Waals surface area contributed by atoms with Crippen LogP contribution in [0.25, 0.3) is 0 Å². The van der Waals surface area contributed by atoms with Crippen LogP contribution in [0, 0.1) is 12.7 Å². The van der Waals surface area contributed by atoms with E-state index in [9.17, 15) is 4.39 Å². The fourth-order valence-corrected chi connectivity index (χ4v) is 2.99. The smallest absolute Gasteiger partial charge is 0.123 e. The van der Waals surface area contributed by atoms with Crippen LogP contribution in [0.2, 0.25) is 5.02 Å². The summed E-state index contributed by atoms with van der Waals surface area (Å²) in [7, 11) is 0. The van der Waals surface area contributed by atoms with E-state index in [-0.39, 0.29) is 10.6 Å². The van der Waals surface area contributed by atoms with Gasteiger partial charge < -0.3 is 0 Å². The van der Waals surface area contributed by atoms with Crippen molar-refractivity contribution in [2.24, 2.45) is 0 Å². The van der Waals surface area contributed by atoms with E-state index >= 15 is 0 Å². The first-order valence-corrected chi connectivity index (χ1v) is 7.01. The van der Waals surface area contributed by atoms with Gasteiger partial charge in [0.25, 0.3) is 0 Å². The molecule has 0 saturated heterocycles. The maximum Gasteiger partial charge on any atom is 0.123 e. The van der Waals surface area contributed by atoms with E-state index < -0.39 is 0 Å². The molecule has 0 saturated carbocycles. The zero-order chi connectivity index (χ0) is 13.1. The lowest BCUT2D eigenvalue weighted by atomic mass is 10.0. The quantitative estimate of drug-likeness (QED) is 0.656. The Morgan fingerprint density at radius 2 is 1.83 bits per heavy atom. The van der Waals surface area contributed by atoms with Gasteiger partial charge in [-0.1, -0.05) is 57.9 Å². The summed E-state index contributed by atoms with van der Waals surface area (Å²) in [4.78, 5) is 0.135. The Hall–Kier alpha value is -0.860. The first kappa shape index (κ1) is 13.6. The van der Waals surface area contributed by atoms with Crippen molar-refractivity contribution in [1.82, 2.24) is 0 Å². The van der Waals surface area contributed by atoms with Crippen molar-refractivity contribution in [3.05, 3.63) is 70.0 Å². The van der Waals surface area contributed by atoms with Gasteiger partial charge in [-0.2, -0.15) is 0 Å². The lowest BCUT2D eigenvalue weighted by molar-refractivity contribution is 0.627. The topological polar surface area (TPSA) is 0 Å². The summed E-state index contributed by atoms with van der Waals surface area (Å²) in [6.07, 6.45) is 0.781. The lowest BCUT2D eigenvalue weighted by Crippen LogP contribution is -1.97. The third-order valence-corrected chi connectivity index (χ3v) is 4.22. The van der Waals surface area contributed by atoms with E-state index in [0.29, 0.717) is 0 Å². The van der Waals surface area contributed by atoms with Crippen LogP contribution in [-0.4, -0.2) is 0 Å². The molecule has 1 atom stereocenters. The molecule has 94 valence electrons. The number of aryl methyl sites for hydroxylation is 1. The van der Waals surface area contributed by atoms with Crippen molar-refractivity contribution in [1.29, 1.82) is 0 Å². The van der Waals surface area contributed by atoms with Crippen LogP contribution < -0.4 is 0 Å². The Balaban J connectivity index is 2.19. The maximum atomic E-state index is 12.8. The second kappa shape index (κ2) is 5.85. The molecular weight excluding hydrogens is 315 g/mol. The molecule has 1 unspecified atom stereocenters. The van der Waals surface area contributed by atoms with E-state index in [1.54, 1.807) is 12.1 Å². The standard InChI is InChI=1S/C15H13BrClF/c1-10-3-2-4-13(15(10)17)14(16)9-11-5-7-12(18)8-6-11/h2-8,14H,9H2,1H3. The zero-order valence-electron chi connectivity index (χ0n) is 9.96. The molecule has 2 rings (SSSR count). The first-order chi connectivity index (χ1) is 8.58. The fraction of sp³-hybridized carbons (Fsp3) is 0.200. The summed E-state index contributed by atoms with van der Waals surface area (Å²) in [5, 5.41) is 0.793. The Morgan fingerprint density at radius 1 is 1.17 bits per heavy atom. The molecule has 0 aromatic heterocycles. The summed E-state index contributed by atoms with van der Waals surface area (Å²) in [5.41, 5.74) is 3.22. The molecule has 0 amide bonds. The third kappa shape index (κ3) is 3.12. The third-order valence-electron chi connectivity index (χ3n) is 2.89. The molecule has 0 nitrogen and oxygen atoms in total. The molecule has 0 N–H and O–H groups in total. The monoisotopic (exact) mass is 326 g/mol. The predicted octanol–water partition coefficient (Wildman–Crippen LogP) is 5.47. The van der Waals surface area contributed by atoms with Gasteiger partial charge in [0.1, 0.15) is 5.82 Å². The van der Waals surface area contributed by atoms with Crippen LogP contribution in [-0.2, 0) is 6.42 Å². The summed E-state index contributed by atoms with van der Waals surface area (Å²) in [6.45, 7) is 1.99. The van der Waals surface area contributed by atoms with Crippen molar-refractivity contribution >= 4 is 27.5 Å². The van der Waals surface area contributed by atoms with Crippen molar-refractivity contribution in [2.75, 3.05) is 0 Å². The van der Waals surface area contributed by atoms with Crippen LogP contribution in [0.1, 0.15) is 21.5 Å². The molecule has 0 aliphatic carbocycles. The maximum absolute atomic E-state index is 12.8. The first-order valence-electron chi connectivity index (χ1n) is 5.71. The van der Waals surface area contributed by atoms with Gasteiger partial charge in [-0.3, -0.25) is 0 Å². The number of alkyl halides is 1. The van der Waals surface area contributed by atoms with Gasteiger partial charge in [0, 0.05) is 9.85 Å². The molecule has 0 fully saturated rings. The van der Waals surface area contributed by atoms with E-state index in [0.717, 1.165) is 28.1 Å². The lowest BCUT2D eigenvalue weighted by Gasteiger charge is -2.13. The van der Waals surface area contributed by atoms with Gasteiger partial charge in [0.05, 0.1) is 0 Å². The molecule has 0 spiro atoms. The number of benzene rings is 2. The average molecular weight is 328 g/mol. The minimum Gasteiger partial charge on any atom is -0.207 e. The van der Waals surface area contributed by atoms with Crippen LogP contribution in [0.4, 0.5) is 4.39 Å². The van der Waals surface area contributed by atoms with Crippen LogP contribution in [0.3, 0.4) is 0 Å². The minimum absolute atomic E-state index is 0.135. The van der Waals surface area contributed by atoms with Gasteiger partial charge in [-0.05, 0) is 42.2 Å². The SMILES string of the molecule is Cc1cccc(C(Br)Cc2ccc(F)cc2)c1Cl. The molecule has 2 aromatic carbocycles. The highest BCUT2D eigenvalue weighted by molar-refractivity contribution is 9.09. The molecule has 0 radical (unpaired) electrons. The van der Waals surface area contributed by atoms with Gasteiger partial charge in [0.15, 0.2) is 0 Å². The normalized spacial score (nSPS) is 12.4. The van der Waals surface area contributed by atoms with E-state index in [2.05, 4.69) is 15.9 Å². The number of halogens is 3. The molecule has 0 aliphatic rings. The largest absolute Gasteiger partial charge is 0.207 e. The number of rotatable bonds is 3. The Kier molecular flexibility index (Phi) is 4.41. The van der Waals surface area contributed by atoms with Gasteiger partial charge in [-0.15, -0.1) is 0 Å². The van der Waals surface area contributed by atoms with Gasteiger partial charge in [0.2, 0.25) is 0 Å². The van der Waals surface area contributed by atoms with Crippen LogP contribution in [0.15, 0.2) is 42.5 Å². The second-order valence-electron chi connectivity index (χ2n) is 4.28. The summed E-state index contributed by atoms with van der Waals surface area (Å²) >= 11 is 9.94. The minimum atomic E-state index is -0.210. The highest BCUT2D eigenvalue weighted by Gasteiger charge is 2.13. The molecule has 0 aliphatic heterocycles. The average Bonchev–Trinajstić information content (AvgIpc) is 2.35. The Labute approximate surface area is 120 Å². The highest BCUT2D eigenvalue weighted by Crippen LogP contribution is 2.33.